The highest BCUT2D eigenvalue weighted by atomic mass is 32.2. The van der Waals surface area contributed by atoms with Crippen LogP contribution in [0.4, 0.5) is 5.00 Å². The first-order chi connectivity index (χ1) is 12.5. The molecule has 6 nitrogen and oxygen atoms in total. The molecule has 0 aliphatic heterocycles. The molecule has 1 amide bonds. The lowest BCUT2D eigenvalue weighted by Gasteiger charge is -2.18. The number of rotatable bonds is 8. The molecule has 1 atom stereocenters. The first kappa shape index (κ1) is 20.8. The molecule has 0 radical (unpaired) electrons. The number of carbonyl (C=O) groups excluding carboxylic acids is 3. The van der Waals surface area contributed by atoms with Crippen molar-refractivity contribution in [2.45, 2.75) is 40.0 Å². The topological polar surface area (TPSA) is 81.7 Å². The van der Waals surface area contributed by atoms with Gasteiger partial charge in [0.1, 0.15) is 5.00 Å². The Morgan fingerprint density at radius 3 is 2.62 bits per heavy atom. The molecular formula is C18H25NO5S2. The normalized spacial score (nSPS) is 15.9. The van der Waals surface area contributed by atoms with Crippen molar-refractivity contribution in [1.82, 2.24) is 0 Å². The lowest BCUT2D eigenvalue weighted by Crippen LogP contribution is -2.18. The van der Waals surface area contributed by atoms with Crippen LogP contribution in [0.3, 0.4) is 0 Å². The van der Waals surface area contributed by atoms with Crippen LogP contribution in [0.1, 0.15) is 48.0 Å². The van der Waals surface area contributed by atoms with E-state index < -0.39 is 0 Å². The molecule has 1 aliphatic carbocycles. The summed E-state index contributed by atoms with van der Waals surface area (Å²) in [4.78, 5) is 37.1. The molecule has 0 bridgehead atoms. The third-order valence-electron chi connectivity index (χ3n) is 4.00. The summed E-state index contributed by atoms with van der Waals surface area (Å²) in [7, 11) is 0. The van der Waals surface area contributed by atoms with E-state index in [1.165, 1.54) is 23.1 Å². The minimum Gasteiger partial charge on any atom is -0.465 e. The Morgan fingerprint density at radius 2 is 1.92 bits per heavy atom. The third kappa shape index (κ3) is 5.48. The largest absolute Gasteiger partial charge is 0.465 e. The van der Waals surface area contributed by atoms with Crippen LogP contribution in [0.15, 0.2) is 0 Å². The van der Waals surface area contributed by atoms with E-state index in [4.69, 9.17) is 9.47 Å². The smallest absolute Gasteiger partial charge is 0.341 e. The molecule has 0 saturated heterocycles. The lowest BCUT2D eigenvalue weighted by atomic mass is 9.88. The van der Waals surface area contributed by atoms with Crippen LogP contribution in [0, 0.1) is 5.92 Å². The molecule has 1 aromatic heterocycles. The standard InChI is InChI=1S/C18H25NO5S2/c1-4-23-15(21)10-25-9-14(20)19-17-16(18(22)24-5-2)12-7-6-11(3)8-13(12)26-17/h11H,4-10H2,1-3H3,(H,19,20)/t11-/m0/s1. The van der Waals surface area contributed by atoms with Crippen molar-refractivity contribution in [1.29, 1.82) is 0 Å². The Hall–Kier alpha value is -1.54. The summed E-state index contributed by atoms with van der Waals surface area (Å²) in [6, 6.07) is 0. The Balaban J connectivity index is 2.06. The average molecular weight is 400 g/mol. The maximum Gasteiger partial charge on any atom is 0.341 e. The lowest BCUT2D eigenvalue weighted by molar-refractivity contribution is -0.139. The highest BCUT2D eigenvalue weighted by Gasteiger charge is 2.29. The molecule has 0 saturated carbocycles. The van der Waals surface area contributed by atoms with Crippen LogP contribution < -0.4 is 5.32 Å². The van der Waals surface area contributed by atoms with Gasteiger partial charge in [-0.3, -0.25) is 9.59 Å². The molecule has 1 N–H and O–H groups in total. The van der Waals surface area contributed by atoms with Gasteiger partial charge in [0.25, 0.3) is 0 Å². The number of thiophene rings is 1. The third-order valence-corrected chi connectivity index (χ3v) is 6.08. The number of carbonyl (C=O) groups is 3. The summed E-state index contributed by atoms with van der Waals surface area (Å²) < 4.78 is 10.0. The van der Waals surface area contributed by atoms with E-state index in [0.29, 0.717) is 29.7 Å². The minimum atomic E-state index is -0.381. The van der Waals surface area contributed by atoms with Gasteiger partial charge in [0.15, 0.2) is 0 Å². The van der Waals surface area contributed by atoms with Crippen LogP contribution in [-0.4, -0.2) is 42.6 Å². The molecule has 144 valence electrons. The summed E-state index contributed by atoms with van der Waals surface area (Å²) >= 11 is 2.65. The SMILES string of the molecule is CCOC(=O)CSCC(=O)Nc1sc2c(c1C(=O)OCC)CC[C@H](C)C2. The van der Waals surface area contributed by atoms with Crippen LogP contribution in [0.25, 0.3) is 0 Å². The quantitative estimate of drug-likeness (QED) is 0.676. The number of nitrogens with one attached hydrogen (secondary N) is 1. The van der Waals surface area contributed by atoms with Crippen molar-refractivity contribution < 1.29 is 23.9 Å². The molecule has 1 aromatic rings. The van der Waals surface area contributed by atoms with Gasteiger partial charge in [0.2, 0.25) is 5.91 Å². The van der Waals surface area contributed by atoms with E-state index in [0.717, 1.165) is 29.7 Å². The van der Waals surface area contributed by atoms with E-state index >= 15 is 0 Å². The van der Waals surface area contributed by atoms with Gasteiger partial charge in [-0.05, 0) is 44.6 Å². The molecule has 0 fully saturated rings. The van der Waals surface area contributed by atoms with Crippen molar-refractivity contribution in [3.05, 3.63) is 16.0 Å². The molecule has 0 aromatic carbocycles. The molecule has 2 rings (SSSR count). The fourth-order valence-corrected chi connectivity index (χ4v) is 4.88. The second-order valence-electron chi connectivity index (χ2n) is 6.12. The molecule has 0 spiro atoms. The monoisotopic (exact) mass is 399 g/mol. The molecular weight excluding hydrogens is 374 g/mol. The second kappa shape index (κ2) is 9.97. The van der Waals surface area contributed by atoms with Gasteiger partial charge in [-0.15, -0.1) is 23.1 Å². The number of esters is 2. The Morgan fingerprint density at radius 1 is 1.19 bits per heavy atom. The van der Waals surface area contributed by atoms with E-state index in [-0.39, 0.29) is 29.4 Å². The van der Waals surface area contributed by atoms with Gasteiger partial charge in [-0.2, -0.15) is 0 Å². The zero-order valence-electron chi connectivity index (χ0n) is 15.4. The van der Waals surface area contributed by atoms with Crippen LogP contribution in [-0.2, 0) is 31.9 Å². The Labute approximate surface area is 162 Å². The number of hydrogen-bond donors (Lipinski definition) is 1. The molecule has 1 heterocycles. The highest BCUT2D eigenvalue weighted by molar-refractivity contribution is 8.00. The van der Waals surface area contributed by atoms with E-state index in [2.05, 4.69) is 12.2 Å². The number of anilines is 1. The minimum absolute atomic E-state index is 0.125. The Bertz CT molecular complexity index is 671. The summed E-state index contributed by atoms with van der Waals surface area (Å²) in [5.41, 5.74) is 1.52. The van der Waals surface area contributed by atoms with Crippen molar-refractivity contribution in [2.24, 2.45) is 5.92 Å². The van der Waals surface area contributed by atoms with E-state index in [1.54, 1.807) is 13.8 Å². The second-order valence-corrected chi connectivity index (χ2v) is 8.21. The van der Waals surface area contributed by atoms with Crippen molar-refractivity contribution in [2.75, 3.05) is 30.0 Å². The number of fused-ring (bicyclic) bond motifs is 1. The summed E-state index contributed by atoms with van der Waals surface area (Å²) in [5.74, 6) is -0.131. The van der Waals surface area contributed by atoms with Gasteiger partial charge in [0, 0.05) is 4.88 Å². The van der Waals surface area contributed by atoms with Gasteiger partial charge in [0.05, 0.1) is 30.3 Å². The number of amides is 1. The number of hydrogen-bond acceptors (Lipinski definition) is 7. The molecule has 26 heavy (non-hydrogen) atoms. The van der Waals surface area contributed by atoms with Gasteiger partial charge >= 0.3 is 11.9 Å². The molecule has 0 unspecified atom stereocenters. The van der Waals surface area contributed by atoms with Gasteiger partial charge in [-0.25, -0.2) is 4.79 Å². The van der Waals surface area contributed by atoms with Gasteiger partial charge in [-0.1, -0.05) is 6.92 Å². The van der Waals surface area contributed by atoms with Gasteiger partial charge < -0.3 is 14.8 Å². The maximum atomic E-state index is 12.4. The number of thioether (sulfide) groups is 1. The highest BCUT2D eigenvalue weighted by Crippen LogP contribution is 2.40. The molecule has 8 heteroatoms. The van der Waals surface area contributed by atoms with E-state index in [9.17, 15) is 14.4 Å². The molecule has 1 aliphatic rings. The zero-order valence-corrected chi connectivity index (χ0v) is 17.0. The fourth-order valence-electron chi connectivity index (χ4n) is 2.85. The fraction of sp³-hybridized carbons (Fsp3) is 0.611. The first-order valence-electron chi connectivity index (χ1n) is 8.81. The van der Waals surface area contributed by atoms with Crippen LogP contribution in [0.2, 0.25) is 0 Å². The predicted molar refractivity (Wildman–Crippen MR) is 104 cm³/mol. The van der Waals surface area contributed by atoms with E-state index in [1.807, 2.05) is 0 Å². The zero-order chi connectivity index (χ0) is 19.1. The van der Waals surface area contributed by atoms with Crippen molar-refractivity contribution in [3.63, 3.8) is 0 Å². The number of ether oxygens (including phenoxy) is 2. The summed E-state index contributed by atoms with van der Waals surface area (Å²) in [5, 5.41) is 3.39. The Kier molecular flexibility index (Phi) is 7.96. The van der Waals surface area contributed by atoms with Crippen LogP contribution >= 0.6 is 23.1 Å². The summed E-state index contributed by atoms with van der Waals surface area (Å²) in [6.45, 7) is 6.32. The average Bonchev–Trinajstić information content (AvgIpc) is 2.92. The van der Waals surface area contributed by atoms with Crippen LogP contribution in [0.5, 0.6) is 0 Å². The van der Waals surface area contributed by atoms with Crippen molar-refractivity contribution in [3.8, 4) is 0 Å². The predicted octanol–water partition coefficient (Wildman–Crippen LogP) is 3.28. The maximum absolute atomic E-state index is 12.4. The summed E-state index contributed by atoms with van der Waals surface area (Å²) in [6.07, 6.45) is 2.77. The van der Waals surface area contributed by atoms with Crippen molar-refractivity contribution >= 4 is 45.9 Å². The first-order valence-corrected chi connectivity index (χ1v) is 10.8.